The van der Waals surface area contributed by atoms with Crippen molar-refractivity contribution in [3.63, 3.8) is 0 Å². The van der Waals surface area contributed by atoms with Gasteiger partial charge < -0.3 is 10.6 Å². The van der Waals surface area contributed by atoms with Gasteiger partial charge in [-0.3, -0.25) is 4.79 Å². The summed E-state index contributed by atoms with van der Waals surface area (Å²) in [6.45, 7) is 7.02. The molecule has 1 amide bonds. The molecule has 0 unspecified atom stereocenters. The van der Waals surface area contributed by atoms with E-state index in [9.17, 15) is 4.79 Å². The molecule has 1 aliphatic heterocycles. The van der Waals surface area contributed by atoms with Gasteiger partial charge in [-0.2, -0.15) is 0 Å². The SMILES string of the molecule is CCC(C)(C)[C@@H]1CCc2c(sc3c2C(=O)N[C@@H](c2ccc(Cl)cc2)N3)C1. The zero-order valence-electron chi connectivity index (χ0n) is 15.5. The number of hydrogen-bond acceptors (Lipinski definition) is 3. The van der Waals surface area contributed by atoms with E-state index in [1.54, 1.807) is 11.3 Å². The summed E-state index contributed by atoms with van der Waals surface area (Å²) in [6.07, 6.45) is 4.26. The number of nitrogens with one attached hydrogen (secondary N) is 2. The Labute approximate surface area is 164 Å². The molecule has 2 aliphatic rings. The van der Waals surface area contributed by atoms with Gasteiger partial charge in [0.2, 0.25) is 0 Å². The number of amides is 1. The highest BCUT2D eigenvalue weighted by Crippen LogP contribution is 2.46. The summed E-state index contributed by atoms with van der Waals surface area (Å²) in [7, 11) is 0. The molecule has 0 saturated heterocycles. The number of carbonyl (C=O) groups is 1. The topological polar surface area (TPSA) is 41.1 Å². The summed E-state index contributed by atoms with van der Waals surface area (Å²) >= 11 is 7.76. The molecule has 4 rings (SSSR count). The van der Waals surface area contributed by atoms with Crippen LogP contribution in [0.4, 0.5) is 5.00 Å². The van der Waals surface area contributed by atoms with Crippen molar-refractivity contribution in [3.8, 4) is 0 Å². The summed E-state index contributed by atoms with van der Waals surface area (Å²) < 4.78 is 0. The first-order valence-corrected chi connectivity index (χ1v) is 10.6. The Morgan fingerprint density at radius 3 is 2.65 bits per heavy atom. The third kappa shape index (κ3) is 3.03. The molecule has 1 aromatic carbocycles. The quantitative estimate of drug-likeness (QED) is 0.697. The number of halogens is 1. The summed E-state index contributed by atoms with van der Waals surface area (Å²) in [5.74, 6) is 0.736. The van der Waals surface area contributed by atoms with Crippen LogP contribution in [0, 0.1) is 11.3 Å². The van der Waals surface area contributed by atoms with Crippen molar-refractivity contribution in [1.29, 1.82) is 0 Å². The number of hydrogen-bond donors (Lipinski definition) is 2. The molecule has 138 valence electrons. The van der Waals surface area contributed by atoms with Gasteiger partial charge in [0.25, 0.3) is 5.91 Å². The van der Waals surface area contributed by atoms with Crippen molar-refractivity contribution in [1.82, 2.24) is 5.32 Å². The van der Waals surface area contributed by atoms with Gasteiger partial charge in [-0.1, -0.05) is 50.9 Å². The Bertz CT molecular complexity index is 840. The fourth-order valence-electron chi connectivity index (χ4n) is 4.08. The number of carbonyl (C=O) groups excluding carboxylic acids is 1. The standard InChI is InChI=1S/C21H25ClN2OS/c1-4-21(2,3)13-7-10-15-16(11-13)26-20-17(15)19(25)23-18(24-20)12-5-8-14(22)9-6-12/h5-6,8-9,13,18,24H,4,7,10-11H2,1-3H3,(H,23,25)/t13-,18-/m1/s1. The van der Waals surface area contributed by atoms with Gasteiger partial charge in [0.05, 0.1) is 5.56 Å². The van der Waals surface area contributed by atoms with Crippen LogP contribution in [-0.4, -0.2) is 5.91 Å². The molecule has 0 radical (unpaired) electrons. The third-order valence-corrected chi connectivity index (χ3v) is 7.70. The molecule has 0 spiro atoms. The number of anilines is 1. The van der Waals surface area contributed by atoms with E-state index in [-0.39, 0.29) is 12.1 Å². The van der Waals surface area contributed by atoms with E-state index in [0.29, 0.717) is 16.4 Å². The molecular formula is C21H25ClN2OS. The molecule has 1 aliphatic carbocycles. The lowest BCUT2D eigenvalue weighted by Crippen LogP contribution is -2.38. The normalized spacial score (nSPS) is 22.2. The average molecular weight is 389 g/mol. The van der Waals surface area contributed by atoms with Crippen LogP contribution in [0.3, 0.4) is 0 Å². The average Bonchev–Trinajstić information content (AvgIpc) is 3.00. The van der Waals surface area contributed by atoms with Crippen LogP contribution in [0.5, 0.6) is 0 Å². The Balaban J connectivity index is 1.63. The predicted octanol–water partition coefficient (Wildman–Crippen LogP) is 5.80. The molecule has 26 heavy (non-hydrogen) atoms. The van der Waals surface area contributed by atoms with Crippen molar-refractivity contribution in [2.75, 3.05) is 5.32 Å². The Hall–Kier alpha value is -1.52. The molecule has 3 nitrogen and oxygen atoms in total. The maximum Gasteiger partial charge on any atom is 0.256 e. The number of thiophene rings is 1. The van der Waals surface area contributed by atoms with Crippen molar-refractivity contribution in [2.45, 2.75) is 52.6 Å². The second-order valence-electron chi connectivity index (χ2n) is 8.09. The summed E-state index contributed by atoms with van der Waals surface area (Å²) in [5, 5.41) is 8.37. The van der Waals surface area contributed by atoms with Crippen LogP contribution < -0.4 is 10.6 Å². The Kier molecular flexibility index (Phi) is 4.52. The summed E-state index contributed by atoms with van der Waals surface area (Å²) in [4.78, 5) is 14.2. The number of fused-ring (bicyclic) bond motifs is 3. The van der Waals surface area contributed by atoms with E-state index in [4.69, 9.17) is 11.6 Å². The lowest BCUT2D eigenvalue weighted by atomic mass is 9.69. The van der Waals surface area contributed by atoms with Crippen LogP contribution in [0.1, 0.15) is 66.1 Å². The molecule has 5 heteroatoms. The maximum absolute atomic E-state index is 12.8. The van der Waals surface area contributed by atoms with Gasteiger partial charge in [0, 0.05) is 9.90 Å². The molecule has 2 aromatic rings. The highest BCUT2D eigenvalue weighted by Gasteiger charge is 2.37. The molecule has 2 heterocycles. The Morgan fingerprint density at radius 1 is 1.23 bits per heavy atom. The minimum absolute atomic E-state index is 0.0457. The van der Waals surface area contributed by atoms with Crippen molar-refractivity contribution in [2.24, 2.45) is 11.3 Å². The second kappa shape index (κ2) is 6.58. The summed E-state index contributed by atoms with van der Waals surface area (Å²) in [6, 6.07) is 7.63. The van der Waals surface area contributed by atoms with Crippen molar-refractivity contribution >= 4 is 33.8 Å². The molecule has 0 fully saturated rings. The first-order chi connectivity index (χ1) is 12.4. The second-order valence-corrected chi connectivity index (χ2v) is 9.63. The molecule has 2 N–H and O–H groups in total. The van der Waals surface area contributed by atoms with Crippen LogP contribution in [0.25, 0.3) is 0 Å². The zero-order chi connectivity index (χ0) is 18.5. The smallest absolute Gasteiger partial charge is 0.256 e. The summed E-state index contributed by atoms with van der Waals surface area (Å²) in [5.41, 5.74) is 3.52. The lowest BCUT2D eigenvalue weighted by Gasteiger charge is -2.36. The lowest BCUT2D eigenvalue weighted by molar-refractivity contribution is 0.0934. The highest BCUT2D eigenvalue weighted by atomic mass is 35.5. The minimum Gasteiger partial charge on any atom is -0.353 e. The predicted molar refractivity (Wildman–Crippen MR) is 109 cm³/mol. The molecule has 0 saturated carbocycles. The van der Waals surface area contributed by atoms with Crippen LogP contribution in [0.15, 0.2) is 24.3 Å². The van der Waals surface area contributed by atoms with E-state index in [2.05, 4.69) is 31.4 Å². The number of rotatable bonds is 3. The first kappa shape index (κ1) is 17.9. The van der Waals surface area contributed by atoms with Gasteiger partial charge in [-0.25, -0.2) is 0 Å². The first-order valence-electron chi connectivity index (χ1n) is 9.36. The fraction of sp³-hybridized carbons (Fsp3) is 0.476. The fourth-order valence-corrected chi connectivity index (χ4v) is 5.55. The van der Waals surface area contributed by atoms with Gasteiger partial charge >= 0.3 is 0 Å². The van der Waals surface area contributed by atoms with Gasteiger partial charge in [-0.15, -0.1) is 11.3 Å². The highest BCUT2D eigenvalue weighted by molar-refractivity contribution is 7.16. The van der Waals surface area contributed by atoms with E-state index in [1.807, 2.05) is 24.3 Å². The van der Waals surface area contributed by atoms with Crippen LogP contribution >= 0.6 is 22.9 Å². The van der Waals surface area contributed by atoms with Gasteiger partial charge in [0.1, 0.15) is 11.2 Å². The monoisotopic (exact) mass is 388 g/mol. The molecular weight excluding hydrogens is 364 g/mol. The molecule has 2 atom stereocenters. The van der Waals surface area contributed by atoms with Crippen LogP contribution in [-0.2, 0) is 12.8 Å². The number of benzene rings is 1. The van der Waals surface area contributed by atoms with E-state index in [0.717, 1.165) is 29.0 Å². The van der Waals surface area contributed by atoms with Gasteiger partial charge in [0.15, 0.2) is 0 Å². The van der Waals surface area contributed by atoms with Gasteiger partial charge in [-0.05, 0) is 53.9 Å². The van der Waals surface area contributed by atoms with E-state index < -0.39 is 0 Å². The molecule has 0 bridgehead atoms. The molecule has 1 aromatic heterocycles. The maximum atomic E-state index is 12.8. The third-order valence-electron chi connectivity index (χ3n) is 6.26. The van der Waals surface area contributed by atoms with Crippen LogP contribution in [0.2, 0.25) is 5.02 Å². The van der Waals surface area contributed by atoms with Crippen molar-refractivity contribution < 1.29 is 4.79 Å². The Morgan fingerprint density at radius 2 is 1.96 bits per heavy atom. The zero-order valence-corrected chi connectivity index (χ0v) is 17.1. The largest absolute Gasteiger partial charge is 0.353 e. The van der Waals surface area contributed by atoms with E-state index in [1.165, 1.54) is 23.3 Å². The minimum atomic E-state index is -0.199. The van der Waals surface area contributed by atoms with Crippen molar-refractivity contribution in [3.05, 3.63) is 50.9 Å². The van der Waals surface area contributed by atoms with E-state index >= 15 is 0 Å².